The van der Waals surface area contributed by atoms with Crippen molar-refractivity contribution in [3.63, 3.8) is 0 Å². The summed E-state index contributed by atoms with van der Waals surface area (Å²) < 4.78 is 5.42. The summed E-state index contributed by atoms with van der Waals surface area (Å²) in [5.74, 6) is 0.218. The maximum atomic E-state index is 13.0. The van der Waals surface area contributed by atoms with E-state index in [-0.39, 0.29) is 5.91 Å². The number of rotatable bonds is 4. The van der Waals surface area contributed by atoms with Gasteiger partial charge in [0.05, 0.1) is 19.6 Å². The molecule has 0 saturated carbocycles. The first-order chi connectivity index (χ1) is 14.1. The predicted octanol–water partition coefficient (Wildman–Crippen LogP) is 3.19. The van der Waals surface area contributed by atoms with Crippen LogP contribution in [0.5, 0.6) is 0 Å². The van der Waals surface area contributed by atoms with E-state index in [1.165, 1.54) is 11.4 Å². The van der Waals surface area contributed by atoms with Crippen LogP contribution in [0.25, 0.3) is 0 Å². The summed E-state index contributed by atoms with van der Waals surface area (Å²) in [5.41, 5.74) is 3.53. The van der Waals surface area contributed by atoms with Gasteiger partial charge in [0, 0.05) is 49.6 Å². The molecule has 5 heteroatoms. The van der Waals surface area contributed by atoms with E-state index in [1.54, 1.807) is 0 Å². The second kappa shape index (κ2) is 8.87. The molecule has 1 amide bonds. The molecule has 0 spiro atoms. The van der Waals surface area contributed by atoms with E-state index in [2.05, 4.69) is 72.2 Å². The monoisotopic (exact) mass is 393 g/mol. The zero-order valence-corrected chi connectivity index (χ0v) is 17.5. The van der Waals surface area contributed by atoms with Crippen LogP contribution in [0, 0.1) is 0 Å². The molecule has 0 radical (unpaired) electrons. The number of carbonyl (C=O) groups is 1. The minimum absolute atomic E-state index is 0.218. The molecule has 0 aromatic heterocycles. The van der Waals surface area contributed by atoms with Gasteiger partial charge < -0.3 is 19.4 Å². The van der Waals surface area contributed by atoms with Crippen LogP contribution >= 0.6 is 0 Å². The number of hydrogen-bond acceptors (Lipinski definition) is 4. The van der Waals surface area contributed by atoms with E-state index in [1.807, 2.05) is 11.0 Å². The minimum atomic E-state index is 0.218. The molecule has 2 saturated heterocycles. The van der Waals surface area contributed by atoms with E-state index in [4.69, 9.17) is 4.74 Å². The molecule has 0 N–H and O–H groups in total. The lowest BCUT2D eigenvalue weighted by molar-refractivity contribution is -0.131. The lowest BCUT2D eigenvalue weighted by Gasteiger charge is -2.46. The van der Waals surface area contributed by atoms with Crippen molar-refractivity contribution in [2.75, 3.05) is 49.2 Å². The number of ether oxygens (including phenoxy) is 1. The van der Waals surface area contributed by atoms with Gasteiger partial charge in [0.2, 0.25) is 5.91 Å². The number of hydrogen-bond donors (Lipinski definition) is 0. The Morgan fingerprint density at radius 2 is 1.52 bits per heavy atom. The Bertz CT molecular complexity index is 791. The number of piperazine rings is 1. The minimum Gasteiger partial charge on any atom is -0.378 e. The molecule has 2 heterocycles. The first-order valence-corrected chi connectivity index (χ1v) is 10.6. The number of para-hydroxylation sites is 1. The Balaban J connectivity index is 1.36. The van der Waals surface area contributed by atoms with E-state index in [9.17, 15) is 4.79 Å². The van der Waals surface area contributed by atoms with Crippen molar-refractivity contribution in [2.24, 2.45) is 0 Å². The zero-order chi connectivity index (χ0) is 20.2. The van der Waals surface area contributed by atoms with Crippen LogP contribution in [-0.2, 0) is 16.0 Å². The highest BCUT2D eigenvalue weighted by molar-refractivity contribution is 5.79. The average Bonchev–Trinajstić information content (AvgIpc) is 2.75. The van der Waals surface area contributed by atoms with E-state index in [0.29, 0.717) is 18.5 Å². The predicted molar refractivity (Wildman–Crippen MR) is 118 cm³/mol. The van der Waals surface area contributed by atoms with E-state index >= 15 is 0 Å². The van der Waals surface area contributed by atoms with E-state index in [0.717, 1.165) is 45.0 Å². The highest BCUT2D eigenvalue weighted by Crippen LogP contribution is 2.25. The van der Waals surface area contributed by atoms with Crippen molar-refractivity contribution in [3.05, 3.63) is 60.2 Å². The third-order valence-electron chi connectivity index (χ3n) is 5.99. The van der Waals surface area contributed by atoms with Gasteiger partial charge in [0.15, 0.2) is 0 Å². The summed E-state index contributed by atoms with van der Waals surface area (Å²) in [5, 5.41) is 0. The average molecular weight is 394 g/mol. The maximum Gasteiger partial charge on any atom is 0.227 e. The molecule has 2 aromatic carbocycles. The van der Waals surface area contributed by atoms with Gasteiger partial charge in [-0.15, -0.1) is 0 Å². The molecule has 2 aliphatic heterocycles. The second-order valence-corrected chi connectivity index (χ2v) is 8.18. The summed E-state index contributed by atoms with van der Waals surface area (Å²) in [6.45, 7) is 9.38. The summed E-state index contributed by atoms with van der Waals surface area (Å²) in [4.78, 5) is 19.8. The molecule has 5 nitrogen and oxygen atoms in total. The number of benzene rings is 2. The highest BCUT2D eigenvalue weighted by Gasteiger charge is 2.31. The fourth-order valence-corrected chi connectivity index (χ4v) is 4.57. The second-order valence-electron chi connectivity index (χ2n) is 8.18. The van der Waals surface area contributed by atoms with Crippen molar-refractivity contribution < 1.29 is 9.53 Å². The molecule has 2 aromatic rings. The normalized spacial score (nSPS) is 22.6. The van der Waals surface area contributed by atoms with Crippen LogP contribution in [-0.4, -0.2) is 62.3 Å². The van der Waals surface area contributed by atoms with Gasteiger partial charge in [-0.2, -0.15) is 0 Å². The smallest absolute Gasteiger partial charge is 0.227 e. The molecule has 2 unspecified atom stereocenters. The fraction of sp³-hybridized carbons (Fsp3) is 0.458. The molecule has 2 atom stereocenters. The van der Waals surface area contributed by atoms with Crippen molar-refractivity contribution in [2.45, 2.75) is 32.4 Å². The zero-order valence-electron chi connectivity index (χ0n) is 17.5. The molecule has 2 fully saturated rings. The molecular weight excluding hydrogens is 362 g/mol. The lowest BCUT2D eigenvalue weighted by atomic mass is 10.0. The first kappa shape index (κ1) is 19.8. The van der Waals surface area contributed by atoms with Gasteiger partial charge in [-0.25, -0.2) is 0 Å². The van der Waals surface area contributed by atoms with Crippen LogP contribution in [0.3, 0.4) is 0 Å². The Morgan fingerprint density at radius 3 is 2.14 bits per heavy atom. The topological polar surface area (TPSA) is 36.0 Å². The first-order valence-electron chi connectivity index (χ1n) is 10.6. The van der Waals surface area contributed by atoms with Crippen LogP contribution in [0.4, 0.5) is 11.4 Å². The van der Waals surface area contributed by atoms with Gasteiger partial charge in [-0.1, -0.05) is 30.3 Å². The highest BCUT2D eigenvalue weighted by atomic mass is 16.5. The number of anilines is 2. The molecule has 2 aliphatic rings. The van der Waals surface area contributed by atoms with Crippen molar-refractivity contribution in [3.8, 4) is 0 Å². The maximum absolute atomic E-state index is 13.0. The van der Waals surface area contributed by atoms with Crippen LogP contribution in [0.15, 0.2) is 54.6 Å². The van der Waals surface area contributed by atoms with Crippen molar-refractivity contribution in [1.82, 2.24) is 4.90 Å². The van der Waals surface area contributed by atoms with Gasteiger partial charge in [0.1, 0.15) is 0 Å². The Labute approximate surface area is 173 Å². The van der Waals surface area contributed by atoms with Crippen molar-refractivity contribution in [1.29, 1.82) is 0 Å². The van der Waals surface area contributed by atoms with Gasteiger partial charge in [-0.05, 0) is 43.7 Å². The summed E-state index contributed by atoms with van der Waals surface area (Å²) in [7, 11) is 0. The van der Waals surface area contributed by atoms with Crippen LogP contribution < -0.4 is 9.80 Å². The number of carbonyl (C=O) groups excluding carboxylic acids is 1. The fourth-order valence-electron chi connectivity index (χ4n) is 4.57. The Morgan fingerprint density at radius 1 is 0.897 bits per heavy atom. The van der Waals surface area contributed by atoms with Crippen LogP contribution in [0.1, 0.15) is 19.4 Å². The standard InChI is InChI=1S/C24H31N3O2/c1-19-17-26(18-20(2)27(19)23-6-4-3-5-7-23)24(28)16-21-8-10-22(11-9-21)25-12-14-29-15-13-25/h3-11,19-20H,12-18H2,1-2H3. The molecule has 4 rings (SSSR count). The van der Waals surface area contributed by atoms with Crippen LogP contribution in [0.2, 0.25) is 0 Å². The summed E-state index contributed by atoms with van der Waals surface area (Å²) in [6.07, 6.45) is 0.466. The quantitative estimate of drug-likeness (QED) is 0.799. The third-order valence-corrected chi connectivity index (χ3v) is 5.99. The summed E-state index contributed by atoms with van der Waals surface area (Å²) >= 11 is 0. The molecular formula is C24H31N3O2. The van der Waals surface area contributed by atoms with E-state index < -0.39 is 0 Å². The van der Waals surface area contributed by atoms with Gasteiger partial charge >= 0.3 is 0 Å². The molecule has 154 valence electrons. The number of nitrogens with zero attached hydrogens (tertiary/aromatic N) is 3. The largest absolute Gasteiger partial charge is 0.378 e. The van der Waals surface area contributed by atoms with Crippen molar-refractivity contribution >= 4 is 17.3 Å². The lowest BCUT2D eigenvalue weighted by Crippen LogP contribution is -2.58. The number of amides is 1. The third kappa shape index (κ3) is 4.56. The Hall–Kier alpha value is -2.53. The van der Waals surface area contributed by atoms with Gasteiger partial charge in [0.25, 0.3) is 0 Å². The number of morpholine rings is 1. The molecule has 0 bridgehead atoms. The molecule has 29 heavy (non-hydrogen) atoms. The SMILES string of the molecule is CC1CN(C(=O)Cc2ccc(N3CCOCC3)cc2)CC(C)N1c1ccccc1. The molecule has 0 aliphatic carbocycles. The summed E-state index contributed by atoms with van der Waals surface area (Å²) in [6, 6.07) is 19.6. The van der Waals surface area contributed by atoms with Gasteiger partial charge in [-0.3, -0.25) is 4.79 Å². The Kier molecular flexibility index (Phi) is 6.05.